The molecule has 0 atom stereocenters. The number of nitrogens with zero attached hydrogens (tertiary/aromatic N) is 1. The summed E-state index contributed by atoms with van der Waals surface area (Å²) in [6.07, 6.45) is 0.460. The molecule has 0 spiro atoms. The van der Waals surface area contributed by atoms with E-state index >= 15 is 0 Å². The molecule has 0 unspecified atom stereocenters. The lowest BCUT2D eigenvalue weighted by Crippen LogP contribution is -2.34. The Balaban J connectivity index is 2.90. The van der Waals surface area contributed by atoms with Crippen molar-refractivity contribution in [1.29, 1.82) is 0 Å². The lowest BCUT2D eigenvalue weighted by atomic mass is 9.90. The van der Waals surface area contributed by atoms with Crippen molar-refractivity contribution in [2.24, 2.45) is 5.41 Å². The van der Waals surface area contributed by atoms with E-state index in [-0.39, 0.29) is 23.1 Å². The molecule has 9 heteroatoms. The van der Waals surface area contributed by atoms with Gasteiger partial charge < -0.3 is 9.84 Å². The van der Waals surface area contributed by atoms with Gasteiger partial charge in [-0.05, 0) is 11.8 Å². The van der Waals surface area contributed by atoms with Crippen LogP contribution in [0.15, 0.2) is 9.72 Å². The van der Waals surface area contributed by atoms with Crippen molar-refractivity contribution in [2.75, 3.05) is 20.3 Å². The maximum Gasteiger partial charge on any atom is 0.358 e. The molecule has 114 valence electrons. The topological polar surface area (TPSA) is 106 Å². The van der Waals surface area contributed by atoms with Gasteiger partial charge in [-0.2, -0.15) is 0 Å². The average Bonchev–Trinajstić information content (AvgIpc) is 2.86. The highest BCUT2D eigenvalue weighted by molar-refractivity contribution is 7.91. The molecule has 1 rings (SSSR count). The van der Waals surface area contributed by atoms with Crippen LogP contribution in [0.5, 0.6) is 0 Å². The van der Waals surface area contributed by atoms with E-state index in [1.165, 1.54) is 5.51 Å². The van der Waals surface area contributed by atoms with Crippen molar-refractivity contribution in [3.05, 3.63) is 11.2 Å². The summed E-state index contributed by atoms with van der Waals surface area (Å²) in [5, 5.41) is 8.92. The van der Waals surface area contributed by atoms with Crippen LogP contribution < -0.4 is 4.72 Å². The number of nitrogens with one attached hydrogen (secondary N) is 1. The first-order valence-electron chi connectivity index (χ1n) is 5.86. The number of aromatic nitrogens is 1. The fourth-order valence-corrected chi connectivity index (χ4v) is 3.82. The van der Waals surface area contributed by atoms with Gasteiger partial charge in [0.25, 0.3) is 10.0 Å². The Morgan fingerprint density at radius 1 is 1.55 bits per heavy atom. The molecule has 1 aromatic rings. The number of esters is 1. The molecule has 0 saturated heterocycles. The molecule has 0 aromatic carbocycles. The largest absolute Gasteiger partial charge is 0.464 e. The van der Waals surface area contributed by atoms with Crippen LogP contribution in [0, 0.1) is 5.41 Å². The predicted octanol–water partition coefficient (Wildman–Crippen LogP) is 0.617. The molecule has 0 radical (unpaired) electrons. The fourth-order valence-electron chi connectivity index (χ4n) is 1.41. The third kappa shape index (κ3) is 4.23. The van der Waals surface area contributed by atoms with Gasteiger partial charge in [0, 0.05) is 13.2 Å². The average molecular weight is 322 g/mol. The number of thiazole rings is 1. The summed E-state index contributed by atoms with van der Waals surface area (Å²) >= 11 is 0.852. The van der Waals surface area contributed by atoms with Crippen molar-refractivity contribution in [3.63, 3.8) is 0 Å². The zero-order valence-corrected chi connectivity index (χ0v) is 13.2. The predicted molar refractivity (Wildman–Crippen MR) is 74.1 cm³/mol. The number of hydrogen-bond donors (Lipinski definition) is 2. The maximum atomic E-state index is 12.2. The highest BCUT2D eigenvalue weighted by atomic mass is 32.2. The minimum atomic E-state index is -3.83. The van der Waals surface area contributed by atoms with Gasteiger partial charge in [0.05, 0.1) is 12.6 Å². The van der Waals surface area contributed by atoms with E-state index in [0.29, 0.717) is 6.42 Å². The van der Waals surface area contributed by atoms with Gasteiger partial charge in [-0.3, -0.25) is 0 Å². The van der Waals surface area contributed by atoms with Crippen LogP contribution in [-0.2, 0) is 14.8 Å². The van der Waals surface area contributed by atoms with Crippen LogP contribution in [0.2, 0.25) is 0 Å². The number of ether oxygens (including phenoxy) is 1. The summed E-state index contributed by atoms with van der Waals surface area (Å²) in [7, 11) is -2.67. The van der Waals surface area contributed by atoms with Gasteiger partial charge in [0.1, 0.15) is 0 Å². The fraction of sp³-hybridized carbons (Fsp3) is 0.636. The van der Waals surface area contributed by atoms with E-state index in [0.717, 1.165) is 18.4 Å². The Morgan fingerprint density at radius 2 is 2.20 bits per heavy atom. The molecule has 0 fully saturated rings. The second kappa shape index (κ2) is 6.61. The van der Waals surface area contributed by atoms with Crippen molar-refractivity contribution >= 4 is 27.3 Å². The molecule has 20 heavy (non-hydrogen) atoms. The van der Waals surface area contributed by atoms with Crippen LogP contribution >= 0.6 is 11.3 Å². The molecule has 7 nitrogen and oxygen atoms in total. The van der Waals surface area contributed by atoms with Crippen LogP contribution in [0.1, 0.15) is 30.8 Å². The zero-order chi connectivity index (χ0) is 15.4. The van der Waals surface area contributed by atoms with E-state index in [4.69, 9.17) is 5.11 Å². The minimum absolute atomic E-state index is 0.0251. The quantitative estimate of drug-likeness (QED) is 0.713. The number of aliphatic hydroxyl groups excluding tert-OH is 1. The summed E-state index contributed by atoms with van der Waals surface area (Å²) in [5.41, 5.74) is 0.669. The van der Waals surface area contributed by atoms with Crippen molar-refractivity contribution in [1.82, 2.24) is 9.71 Å². The Kier molecular flexibility index (Phi) is 5.63. The third-order valence-electron chi connectivity index (χ3n) is 2.69. The van der Waals surface area contributed by atoms with Crippen LogP contribution in [0.4, 0.5) is 0 Å². The summed E-state index contributed by atoms with van der Waals surface area (Å²) in [6, 6.07) is 0. The highest BCUT2D eigenvalue weighted by Gasteiger charge is 2.28. The standard InChI is InChI=1S/C11H18N2O5S2/c1-11(2,4-5-14)6-13-20(16,17)10-8(9(15)18-3)12-7-19-10/h7,13-14H,4-6H2,1-3H3. The third-order valence-corrected chi connectivity index (χ3v) is 5.46. The second-order valence-electron chi connectivity index (χ2n) is 4.94. The van der Waals surface area contributed by atoms with E-state index in [2.05, 4.69) is 14.4 Å². The van der Waals surface area contributed by atoms with Crippen LogP contribution in [0.25, 0.3) is 0 Å². The molecule has 0 aliphatic carbocycles. The lowest BCUT2D eigenvalue weighted by molar-refractivity contribution is 0.0590. The first kappa shape index (κ1) is 17.0. The highest BCUT2D eigenvalue weighted by Crippen LogP contribution is 2.23. The number of rotatable bonds is 7. The number of carbonyl (C=O) groups excluding carboxylic acids is 1. The lowest BCUT2D eigenvalue weighted by Gasteiger charge is -2.23. The molecular formula is C11H18N2O5S2. The maximum absolute atomic E-state index is 12.2. The SMILES string of the molecule is COC(=O)c1ncsc1S(=O)(=O)NCC(C)(C)CCO. The summed E-state index contributed by atoms with van der Waals surface area (Å²) in [5.74, 6) is -0.791. The van der Waals surface area contributed by atoms with Crippen molar-refractivity contribution in [3.8, 4) is 0 Å². The van der Waals surface area contributed by atoms with Gasteiger partial charge in [-0.1, -0.05) is 13.8 Å². The summed E-state index contributed by atoms with van der Waals surface area (Å²) < 4.78 is 31.1. The summed E-state index contributed by atoms with van der Waals surface area (Å²) in [6.45, 7) is 3.79. The number of aliphatic hydroxyl groups is 1. The molecule has 0 aliphatic heterocycles. The number of sulfonamides is 1. The normalized spacial score (nSPS) is 12.4. The zero-order valence-electron chi connectivity index (χ0n) is 11.5. The number of carbonyl (C=O) groups is 1. The van der Waals surface area contributed by atoms with Gasteiger partial charge >= 0.3 is 5.97 Å². The van der Waals surface area contributed by atoms with E-state index < -0.39 is 21.4 Å². The van der Waals surface area contributed by atoms with E-state index in [1.807, 2.05) is 13.8 Å². The molecule has 1 aromatic heterocycles. The van der Waals surface area contributed by atoms with Crippen molar-refractivity contribution < 1.29 is 23.1 Å². The smallest absolute Gasteiger partial charge is 0.358 e. The Hall–Kier alpha value is -1.03. The molecular weight excluding hydrogens is 304 g/mol. The Labute approximate surface area is 122 Å². The molecule has 1 heterocycles. The Morgan fingerprint density at radius 3 is 2.75 bits per heavy atom. The molecule has 2 N–H and O–H groups in total. The number of methoxy groups -OCH3 is 1. The molecule has 0 aliphatic rings. The summed E-state index contributed by atoms with van der Waals surface area (Å²) in [4.78, 5) is 15.2. The first-order chi connectivity index (χ1) is 9.23. The van der Waals surface area contributed by atoms with Gasteiger partial charge in [-0.15, -0.1) is 11.3 Å². The van der Waals surface area contributed by atoms with E-state index in [1.54, 1.807) is 0 Å². The molecule has 0 saturated carbocycles. The first-order valence-corrected chi connectivity index (χ1v) is 8.22. The minimum Gasteiger partial charge on any atom is -0.464 e. The van der Waals surface area contributed by atoms with Gasteiger partial charge in [-0.25, -0.2) is 22.9 Å². The second-order valence-corrected chi connectivity index (χ2v) is 7.76. The van der Waals surface area contributed by atoms with Crippen molar-refractivity contribution in [2.45, 2.75) is 24.5 Å². The van der Waals surface area contributed by atoms with E-state index in [9.17, 15) is 13.2 Å². The molecule has 0 bridgehead atoms. The number of hydrogen-bond acceptors (Lipinski definition) is 7. The molecule has 0 amide bonds. The van der Waals surface area contributed by atoms with Crippen LogP contribution in [-0.4, -0.2) is 44.7 Å². The van der Waals surface area contributed by atoms with Gasteiger partial charge in [0.15, 0.2) is 9.90 Å². The Bertz CT molecular complexity index is 565. The van der Waals surface area contributed by atoms with Crippen LogP contribution in [0.3, 0.4) is 0 Å². The van der Waals surface area contributed by atoms with Gasteiger partial charge in [0.2, 0.25) is 0 Å². The monoisotopic (exact) mass is 322 g/mol.